The molecule has 0 saturated heterocycles. The summed E-state index contributed by atoms with van der Waals surface area (Å²) in [6.45, 7) is 17.7. The Morgan fingerprint density at radius 2 is 1.55 bits per heavy atom. The normalized spacial score (nSPS) is 12.4. The first kappa shape index (κ1) is 34.4. The summed E-state index contributed by atoms with van der Waals surface area (Å²) >= 11 is 0. The molecule has 0 saturated carbocycles. The fraction of sp³-hybridized carbons (Fsp3) is 0.444. The smallest absolute Gasteiger partial charge is 0.408 e. The fourth-order valence-corrected chi connectivity index (χ4v) is 4.51. The summed E-state index contributed by atoms with van der Waals surface area (Å²) in [6.07, 6.45) is -0.525. The van der Waals surface area contributed by atoms with Gasteiger partial charge in [-0.2, -0.15) is 0 Å². The first-order chi connectivity index (χ1) is 20.5. The highest BCUT2D eigenvalue weighted by Crippen LogP contribution is 2.32. The number of ether oxygens (including phenoxy) is 3. The molecule has 0 radical (unpaired) electrons. The molecule has 3 rings (SSSR count). The SMILES string of the molecule is CC(C)CNc1cc(COc2ccccc2CC(=O)OC(C)(C)C)cc(-c2cccc(C(C)NC(=O)OC(C)(C)C)c2F)c1. The summed E-state index contributed by atoms with van der Waals surface area (Å²) in [5.74, 6) is 0.224. The van der Waals surface area contributed by atoms with Crippen LogP contribution in [0, 0.1) is 11.7 Å². The molecular weight excluding hydrogens is 559 g/mol. The number of nitrogens with one attached hydrogen (secondary N) is 2. The molecule has 7 nitrogen and oxygen atoms in total. The number of rotatable bonds is 11. The molecule has 1 unspecified atom stereocenters. The van der Waals surface area contributed by atoms with Crippen LogP contribution in [0.2, 0.25) is 0 Å². The number of benzene rings is 3. The van der Waals surface area contributed by atoms with E-state index in [4.69, 9.17) is 14.2 Å². The van der Waals surface area contributed by atoms with Crippen molar-refractivity contribution in [2.75, 3.05) is 11.9 Å². The van der Waals surface area contributed by atoms with Gasteiger partial charge in [0.25, 0.3) is 0 Å². The van der Waals surface area contributed by atoms with Crippen LogP contribution in [-0.4, -0.2) is 29.8 Å². The van der Waals surface area contributed by atoms with Gasteiger partial charge in [0.1, 0.15) is 29.4 Å². The molecule has 3 aromatic carbocycles. The minimum absolute atomic E-state index is 0.0855. The molecule has 0 bridgehead atoms. The van der Waals surface area contributed by atoms with Crippen LogP contribution in [0.15, 0.2) is 60.7 Å². The molecular formula is C36H47FN2O5. The lowest BCUT2D eigenvalue weighted by atomic mass is 9.97. The highest BCUT2D eigenvalue weighted by Gasteiger charge is 2.22. The minimum Gasteiger partial charge on any atom is -0.489 e. The van der Waals surface area contributed by atoms with Crippen LogP contribution >= 0.6 is 0 Å². The summed E-state index contributed by atoms with van der Waals surface area (Å²) in [5.41, 5.74) is 2.56. The van der Waals surface area contributed by atoms with Crippen molar-refractivity contribution in [3.8, 4) is 16.9 Å². The number of halogens is 1. The molecule has 0 heterocycles. The highest BCUT2D eigenvalue weighted by atomic mass is 19.1. The van der Waals surface area contributed by atoms with E-state index < -0.39 is 29.2 Å². The third kappa shape index (κ3) is 10.9. The van der Waals surface area contributed by atoms with E-state index in [1.165, 1.54) is 0 Å². The van der Waals surface area contributed by atoms with E-state index in [0.29, 0.717) is 28.4 Å². The summed E-state index contributed by atoms with van der Waals surface area (Å²) in [4.78, 5) is 24.9. The molecule has 44 heavy (non-hydrogen) atoms. The van der Waals surface area contributed by atoms with Crippen molar-refractivity contribution >= 4 is 17.7 Å². The standard InChI is InChI=1S/C36H47FN2O5/c1-23(2)21-38-28-18-25(22-42-31-16-11-10-13-26(31)20-32(40)43-35(4,5)6)17-27(19-28)30-15-12-14-29(33(30)37)24(3)39-34(41)44-36(7,8)9/h10-19,23-24,38H,20-22H2,1-9H3,(H,39,41). The van der Waals surface area contributed by atoms with Crippen LogP contribution in [0.3, 0.4) is 0 Å². The Morgan fingerprint density at radius 3 is 2.20 bits per heavy atom. The van der Waals surface area contributed by atoms with Crippen molar-refractivity contribution in [1.29, 1.82) is 0 Å². The number of alkyl carbamates (subject to hydrolysis) is 1. The first-order valence-corrected chi connectivity index (χ1v) is 15.1. The lowest BCUT2D eigenvalue weighted by molar-refractivity contribution is -0.153. The van der Waals surface area contributed by atoms with Crippen molar-refractivity contribution in [3.05, 3.63) is 83.2 Å². The Morgan fingerprint density at radius 1 is 0.864 bits per heavy atom. The average molecular weight is 607 g/mol. The Labute approximate surface area is 261 Å². The maximum absolute atomic E-state index is 16.0. The van der Waals surface area contributed by atoms with Gasteiger partial charge < -0.3 is 24.8 Å². The summed E-state index contributed by atoms with van der Waals surface area (Å²) < 4.78 is 33.1. The molecule has 0 aliphatic heterocycles. The van der Waals surface area contributed by atoms with E-state index in [-0.39, 0.29) is 19.0 Å². The predicted molar refractivity (Wildman–Crippen MR) is 173 cm³/mol. The quantitative estimate of drug-likeness (QED) is 0.213. The number of amides is 1. The summed E-state index contributed by atoms with van der Waals surface area (Å²) in [5, 5.41) is 6.17. The van der Waals surface area contributed by atoms with E-state index in [0.717, 1.165) is 23.4 Å². The van der Waals surface area contributed by atoms with Gasteiger partial charge in [0.05, 0.1) is 12.5 Å². The van der Waals surface area contributed by atoms with Gasteiger partial charge in [0.2, 0.25) is 0 Å². The van der Waals surface area contributed by atoms with Crippen molar-refractivity contribution in [2.45, 2.75) is 92.6 Å². The van der Waals surface area contributed by atoms with Gasteiger partial charge >= 0.3 is 12.1 Å². The van der Waals surface area contributed by atoms with Crippen LogP contribution in [0.1, 0.15) is 85.0 Å². The lowest BCUT2D eigenvalue weighted by Gasteiger charge is -2.22. The Bertz CT molecular complexity index is 1440. The third-order valence-corrected chi connectivity index (χ3v) is 6.37. The molecule has 2 N–H and O–H groups in total. The highest BCUT2D eigenvalue weighted by molar-refractivity contribution is 5.74. The van der Waals surface area contributed by atoms with Gasteiger partial charge in [-0.25, -0.2) is 9.18 Å². The second-order valence-corrected chi connectivity index (χ2v) is 13.4. The van der Waals surface area contributed by atoms with Gasteiger partial charge in [-0.3, -0.25) is 4.79 Å². The van der Waals surface area contributed by atoms with Gasteiger partial charge in [0, 0.05) is 28.9 Å². The molecule has 8 heteroatoms. The number of carbonyl (C=O) groups is 2. The summed E-state index contributed by atoms with van der Waals surface area (Å²) in [7, 11) is 0. The number of hydrogen-bond donors (Lipinski definition) is 2. The second kappa shape index (κ2) is 14.6. The number of carbonyl (C=O) groups excluding carboxylic acids is 2. The van der Waals surface area contributed by atoms with Crippen LogP contribution in [0.25, 0.3) is 11.1 Å². The van der Waals surface area contributed by atoms with Crippen molar-refractivity contribution in [3.63, 3.8) is 0 Å². The van der Waals surface area contributed by atoms with E-state index in [2.05, 4.69) is 24.5 Å². The Kier molecular flexibility index (Phi) is 11.4. The zero-order valence-corrected chi connectivity index (χ0v) is 27.5. The summed E-state index contributed by atoms with van der Waals surface area (Å²) in [6, 6.07) is 17.7. The molecule has 0 aliphatic rings. The maximum atomic E-state index is 16.0. The second-order valence-electron chi connectivity index (χ2n) is 13.4. The van der Waals surface area contributed by atoms with Crippen molar-refractivity contribution in [1.82, 2.24) is 5.32 Å². The molecule has 238 valence electrons. The topological polar surface area (TPSA) is 85.9 Å². The van der Waals surface area contributed by atoms with Gasteiger partial charge in [0.15, 0.2) is 0 Å². The third-order valence-electron chi connectivity index (χ3n) is 6.37. The van der Waals surface area contributed by atoms with Gasteiger partial charge in [-0.1, -0.05) is 50.2 Å². The number of para-hydroxylation sites is 1. The van der Waals surface area contributed by atoms with E-state index in [1.54, 1.807) is 45.9 Å². The monoisotopic (exact) mass is 606 g/mol. The zero-order valence-electron chi connectivity index (χ0n) is 27.5. The molecule has 0 aliphatic carbocycles. The fourth-order valence-electron chi connectivity index (χ4n) is 4.51. The van der Waals surface area contributed by atoms with Gasteiger partial charge in [-0.15, -0.1) is 0 Å². The number of anilines is 1. The van der Waals surface area contributed by atoms with Crippen LogP contribution in [0.4, 0.5) is 14.9 Å². The van der Waals surface area contributed by atoms with Gasteiger partial charge in [-0.05, 0) is 89.8 Å². The largest absolute Gasteiger partial charge is 0.489 e. The molecule has 3 aromatic rings. The molecule has 0 spiro atoms. The zero-order chi connectivity index (χ0) is 32.7. The van der Waals surface area contributed by atoms with Crippen molar-refractivity contribution in [2.24, 2.45) is 5.92 Å². The molecule has 0 fully saturated rings. The lowest BCUT2D eigenvalue weighted by Crippen LogP contribution is -2.34. The van der Waals surface area contributed by atoms with Crippen LogP contribution in [-0.2, 0) is 27.3 Å². The molecule has 0 aromatic heterocycles. The average Bonchev–Trinajstić information content (AvgIpc) is 2.89. The van der Waals surface area contributed by atoms with E-state index >= 15 is 4.39 Å². The van der Waals surface area contributed by atoms with E-state index in [9.17, 15) is 9.59 Å². The first-order valence-electron chi connectivity index (χ1n) is 15.1. The van der Waals surface area contributed by atoms with Crippen molar-refractivity contribution < 1.29 is 28.2 Å². The van der Waals surface area contributed by atoms with E-state index in [1.807, 2.05) is 63.2 Å². The predicted octanol–water partition coefficient (Wildman–Crippen LogP) is 8.61. The number of esters is 1. The maximum Gasteiger partial charge on any atom is 0.408 e. The minimum atomic E-state index is -0.664. The molecule has 1 amide bonds. The Hall–Kier alpha value is -4.07. The molecule has 1 atom stereocenters. The van der Waals surface area contributed by atoms with Crippen LogP contribution in [0.5, 0.6) is 5.75 Å². The van der Waals surface area contributed by atoms with Crippen LogP contribution < -0.4 is 15.4 Å². The Balaban J connectivity index is 1.90. The number of hydrogen-bond acceptors (Lipinski definition) is 6.